The number of anilines is 2. The highest BCUT2D eigenvalue weighted by atomic mass is 28.3. The maximum absolute atomic E-state index is 13.9. The molecule has 1 aliphatic heterocycles. The second-order valence-electron chi connectivity index (χ2n) is 10.5. The van der Waals surface area contributed by atoms with Crippen molar-refractivity contribution in [1.29, 1.82) is 0 Å². The standard InChI is InChI=1S/C24H30F4N8O2Si/c1-39(2,3)11-10-38-15-35-19-5-4-16(25)12-18(19)31-20(35)14-29-22-33-23(34-6-8-37-9-7-34)32-21-17(24(26,27)28)13-30-36(21)22/h4-5,12-13H,6-11,14-15H2,1-3H3,(H,29,32,33). The molecule has 1 aromatic carbocycles. The molecule has 1 N–H and O–H groups in total. The van der Waals surface area contributed by atoms with E-state index in [4.69, 9.17) is 9.47 Å². The molecule has 1 fully saturated rings. The van der Waals surface area contributed by atoms with Crippen molar-refractivity contribution in [3.8, 4) is 0 Å². The Morgan fingerprint density at radius 3 is 2.59 bits per heavy atom. The van der Waals surface area contributed by atoms with E-state index >= 15 is 0 Å². The molecule has 5 rings (SSSR count). The fourth-order valence-corrected chi connectivity index (χ4v) is 4.97. The molecule has 10 nitrogen and oxygen atoms in total. The van der Waals surface area contributed by atoms with Crippen LogP contribution in [-0.4, -0.2) is 70.1 Å². The molecule has 0 spiro atoms. The molecule has 4 heterocycles. The van der Waals surface area contributed by atoms with Gasteiger partial charge in [-0.15, -0.1) is 0 Å². The third kappa shape index (κ3) is 6.14. The van der Waals surface area contributed by atoms with E-state index in [1.165, 1.54) is 12.1 Å². The van der Waals surface area contributed by atoms with Gasteiger partial charge in [0.05, 0.1) is 37.0 Å². The SMILES string of the molecule is C[Si](C)(C)CCOCn1c(CNc2nc(N3CCOCC3)nc3c(C(F)(F)F)cnn23)nc2cc(F)ccc21. The first kappa shape index (κ1) is 27.3. The summed E-state index contributed by atoms with van der Waals surface area (Å²) in [5, 5.41) is 6.99. The summed E-state index contributed by atoms with van der Waals surface area (Å²) in [5.41, 5.74) is -0.185. The number of ether oxygens (including phenoxy) is 2. The molecule has 0 saturated carbocycles. The van der Waals surface area contributed by atoms with Crippen molar-refractivity contribution in [2.75, 3.05) is 43.1 Å². The molecule has 3 aromatic heterocycles. The summed E-state index contributed by atoms with van der Waals surface area (Å²) in [6.45, 7) is 9.35. The Morgan fingerprint density at radius 2 is 1.87 bits per heavy atom. The van der Waals surface area contributed by atoms with Crippen LogP contribution in [0.5, 0.6) is 0 Å². The molecule has 0 amide bonds. The van der Waals surface area contributed by atoms with Crippen LogP contribution in [-0.2, 0) is 28.9 Å². The van der Waals surface area contributed by atoms with Gasteiger partial charge < -0.3 is 24.3 Å². The van der Waals surface area contributed by atoms with Crippen LogP contribution < -0.4 is 10.2 Å². The van der Waals surface area contributed by atoms with E-state index in [0.29, 0.717) is 49.8 Å². The summed E-state index contributed by atoms with van der Waals surface area (Å²) in [4.78, 5) is 15.0. The predicted molar refractivity (Wildman–Crippen MR) is 140 cm³/mol. The third-order valence-electron chi connectivity index (χ3n) is 6.37. The number of morpholine rings is 1. The monoisotopic (exact) mass is 566 g/mol. The minimum Gasteiger partial charge on any atom is -0.378 e. The van der Waals surface area contributed by atoms with Gasteiger partial charge in [-0.2, -0.15) is 32.8 Å². The number of fused-ring (bicyclic) bond motifs is 2. The first-order valence-electron chi connectivity index (χ1n) is 12.6. The van der Waals surface area contributed by atoms with E-state index in [9.17, 15) is 17.6 Å². The lowest BCUT2D eigenvalue weighted by Crippen LogP contribution is -2.37. The summed E-state index contributed by atoms with van der Waals surface area (Å²) in [6.07, 6.45) is -3.90. The molecule has 0 aliphatic carbocycles. The molecule has 0 atom stereocenters. The number of benzene rings is 1. The Balaban J connectivity index is 1.47. The van der Waals surface area contributed by atoms with Gasteiger partial charge in [0.25, 0.3) is 0 Å². The Hall–Kier alpha value is -3.30. The smallest absolute Gasteiger partial charge is 0.378 e. The topological polar surface area (TPSA) is 94.6 Å². The average molecular weight is 567 g/mol. The number of halogens is 4. The Morgan fingerprint density at radius 1 is 1.10 bits per heavy atom. The van der Waals surface area contributed by atoms with Crippen molar-refractivity contribution in [3.63, 3.8) is 0 Å². The second kappa shape index (κ2) is 10.7. The zero-order valence-electron chi connectivity index (χ0n) is 21.9. The molecule has 1 saturated heterocycles. The molecule has 210 valence electrons. The van der Waals surface area contributed by atoms with Gasteiger partial charge in [0.2, 0.25) is 11.9 Å². The summed E-state index contributed by atoms with van der Waals surface area (Å²) < 4.78 is 69.2. The van der Waals surface area contributed by atoms with Crippen molar-refractivity contribution < 1.29 is 27.0 Å². The molecule has 0 unspecified atom stereocenters. The van der Waals surface area contributed by atoms with Crippen LogP contribution >= 0.6 is 0 Å². The van der Waals surface area contributed by atoms with E-state index < -0.39 is 25.6 Å². The van der Waals surface area contributed by atoms with Crippen LogP contribution in [0, 0.1) is 5.82 Å². The molecule has 4 aromatic rings. The molecular formula is C24H30F4N8O2Si. The zero-order valence-corrected chi connectivity index (χ0v) is 22.9. The quantitative estimate of drug-likeness (QED) is 0.181. The van der Waals surface area contributed by atoms with Crippen LogP contribution in [0.4, 0.5) is 29.5 Å². The average Bonchev–Trinajstić information content (AvgIpc) is 3.46. The van der Waals surface area contributed by atoms with Crippen LogP contribution in [0.3, 0.4) is 0 Å². The van der Waals surface area contributed by atoms with Gasteiger partial charge >= 0.3 is 6.18 Å². The Bertz CT molecular complexity index is 1460. The maximum atomic E-state index is 13.9. The minimum absolute atomic E-state index is 0.0708. The van der Waals surface area contributed by atoms with E-state index in [1.54, 1.807) is 11.0 Å². The summed E-state index contributed by atoms with van der Waals surface area (Å²) in [6, 6.07) is 5.29. The third-order valence-corrected chi connectivity index (χ3v) is 8.07. The van der Waals surface area contributed by atoms with Crippen molar-refractivity contribution in [2.45, 2.75) is 45.1 Å². The molecular weight excluding hydrogens is 536 g/mol. The molecule has 15 heteroatoms. The van der Waals surface area contributed by atoms with Gasteiger partial charge in [0.1, 0.15) is 23.9 Å². The number of hydrogen-bond acceptors (Lipinski definition) is 8. The van der Waals surface area contributed by atoms with Crippen molar-refractivity contribution in [1.82, 2.24) is 29.1 Å². The van der Waals surface area contributed by atoms with Gasteiger partial charge in [-0.25, -0.2) is 9.37 Å². The molecule has 39 heavy (non-hydrogen) atoms. The van der Waals surface area contributed by atoms with E-state index in [2.05, 4.69) is 45.0 Å². The highest BCUT2D eigenvalue weighted by molar-refractivity contribution is 6.76. The fraction of sp³-hybridized carbons (Fsp3) is 0.500. The van der Waals surface area contributed by atoms with Gasteiger partial charge in [-0.1, -0.05) is 19.6 Å². The highest BCUT2D eigenvalue weighted by Gasteiger charge is 2.36. The summed E-state index contributed by atoms with van der Waals surface area (Å²) in [7, 11) is -1.30. The first-order chi connectivity index (χ1) is 18.5. The van der Waals surface area contributed by atoms with Crippen molar-refractivity contribution in [3.05, 3.63) is 41.6 Å². The number of alkyl halides is 3. The number of rotatable bonds is 9. The molecule has 1 aliphatic rings. The van der Waals surface area contributed by atoms with Crippen LogP contribution in [0.25, 0.3) is 16.7 Å². The Kier molecular flexibility index (Phi) is 7.48. The molecule has 0 bridgehead atoms. The van der Waals surface area contributed by atoms with Crippen LogP contribution in [0.1, 0.15) is 11.4 Å². The van der Waals surface area contributed by atoms with Crippen molar-refractivity contribution in [2.24, 2.45) is 0 Å². The lowest BCUT2D eigenvalue weighted by molar-refractivity contribution is -0.136. The van der Waals surface area contributed by atoms with E-state index in [-0.39, 0.29) is 30.8 Å². The van der Waals surface area contributed by atoms with E-state index in [1.807, 2.05) is 4.57 Å². The second-order valence-corrected chi connectivity index (χ2v) is 16.2. The highest BCUT2D eigenvalue weighted by Crippen LogP contribution is 2.33. The largest absolute Gasteiger partial charge is 0.421 e. The fourth-order valence-electron chi connectivity index (χ4n) is 4.21. The minimum atomic E-state index is -4.64. The van der Waals surface area contributed by atoms with Crippen LogP contribution in [0.15, 0.2) is 24.4 Å². The van der Waals surface area contributed by atoms with Gasteiger partial charge in [-0.05, 0) is 18.2 Å². The Labute approximate surface area is 223 Å². The predicted octanol–water partition coefficient (Wildman–Crippen LogP) is 4.39. The lowest BCUT2D eigenvalue weighted by atomic mass is 10.3. The lowest BCUT2D eigenvalue weighted by Gasteiger charge is -2.27. The molecule has 0 radical (unpaired) electrons. The first-order valence-corrected chi connectivity index (χ1v) is 16.3. The number of aromatic nitrogens is 6. The van der Waals surface area contributed by atoms with Gasteiger partial charge in [0.15, 0.2) is 5.65 Å². The number of nitrogens with one attached hydrogen (secondary N) is 1. The van der Waals surface area contributed by atoms with Crippen LogP contribution in [0.2, 0.25) is 25.7 Å². The van der Waals surface area contributed by atoms with Gasteiger partial charge in [0, 0.05) is 33.8 Å². The number of imidazole rings is 1. The maximum Gasteiger partial charge on any atom is 0.421 e. The van der Waals surface area contributed by atoms with E-state index in [0.717, 1.165) is 16.8 Å². The normalized spacial score (nSPS) is 15.0. The summed E-state index contributed by atoms with van der Waals surface area (Å²) in [5.74, 6) is 0.299. The summed E-state index contributed by atoms with van der Waals surface area (Å²) >= 11 is 0. The number of hydrogen-bond donors (Lipinski definition) is 1. The number of nitrogens with zero attached hydrogens (tertiary/aromatic N) is 7. The zero-order chi connectivity index (χ0) is 27.8. The van der Waals surface area contributed by atoms with Gasteiger partial charge in [-0.3, -0.25) is 0 Å². The van der Waals surface area contributed by atoms with Crippen molar-refractivity contribution >= 4 is 36.7 Å².